The molecule has 1 atom stereocenters. The smallest absolute Gasteiger partial charge is 0.119 e. The molecule has 3 heteroatoms. The predicted molar refractivity (Wildman–Crippen MR) is 58.2 cm³/mol. The lowest BCUT2D eigenvalue weighted by Crippen LogP contribution is -2.15. The van der Waals surface area contributed by atoms with E-state index in [4.69, 9.17) is 16.2 Å². The van der Waals surface area contributed by atoms with Crippen LogP contribution in [0.15, 0.2) is 24.3 Å². The lowest BCUT2D eigenvalue weighted by molar-refractivity contribution is 0.340. The maximum absolute atomic E-state index is 5.91. The molecule has 4 N–H and O–H groups in total. The van der Waals surface area contributed by atoms with Gasteiger partial charge in [-0.05, 0) is 37.6 Å². The minimum atomic E-state index is 0.0377. The van der Waals surface area contributed by atoms with Crippen LogP contribution in [0.25, 0.3) is 0 Å². The summed E-state index contributed by atoms with van der Waals surface area (Å²) in [6.45, 7) is 3.27. The van der Waals surface area contributed by atoms with Gasteiger partial charge in [0.1, 0.15) is 5.75 Å². The third kappa shape index (κ3) is 3.01. The fraction of sp³-hybridized carbons (Fsp3) is 0.455. The van der Waals surface area contributed by atoms with Crippen LogP contribution < -0.4 is 16.2 Å². The Morgan fingerprint density at radius 1 is 1.29 bits per heavy atom. The Hall–Kier alpha value is -1.06. The van der Waals surface area contributed by atoms with Gasteiger partial charge in [0.25, 0.3) is 0 Å². The first-order valence-electron chi connectivity index (χ1n) is 4.96. The van der Waals surface area contributed by atoms with E-state index in [1.807, 2.05) is 31.2 Å². The van der Waals surface area contributed by atoms with Crippen molar-refractivity contribution in [3.8, 4) is 5.75 Å². The zero-order valence-corrected chi connectivity index (χ0v) is 8.57. The van der Waals surface area contributed by atoms with Crippen LogP contribution in [-0.2, 0) is 0 Å². The second-order valence-corrected chi connectivity index (χ2v) is 3.19. The van der Waals surface area contributed by atoms with E-state index >= 15 is 0 Å². The first kappa shape index (κ1) is 11.0. The van der Waals surface area contributed by atoms with Gasteiger partial charge in [0.15, 0.2) is 0 Å². The van der Waals surface area contributed by atoms with Crippen molar-refractivity contribution in [3.05, 3.63) is 29.8 Å². The molecule has 0 heterocycles. The highest BCUT2D eigenvalue weighted by atomic mass is 16.5. The molecular formula is C11H18N2O. The van der Waals surface area contributed by atoms with E-state index in [1.165, 1.54) is 0 Å². The Bertz CT molecular complexity index is 258. The number of hydrogen-bond acceptors (Lipinski definition) is 3. The summed E-state index contributed by atoms with van der Waals surface area (Å²) in [5, 5.41) is 0. The molecular weight excluding hydrogens is 176 g/mol. The van der Waals surface area contributed by atoms with Crippen molar-refractivity contribution in [1.29, 1.82) is 0 Å². The average molecular weight is 194 g/mol. The third-order valence-corrected chi connectivity index (χ3v) is 2.10. The van der Waals surface area contributed by atoms with Gasteiger partial charge in [0.2, 0.25) is 0 Å². The van der Waals surface area contributed by atoms with Gasteiger partial charge in [-0.25, -0.2) is 0 Å². The normalized spacial score (nSPS) is 12.5. The maximum atomic E-state index is 5.91. The third-order valence-electron chi connectivity index (χ3n) is 2.10. The molecule has 0 aromatic heterocycles. The van der Waals surface area contributed by atoms with Crippen molar-refractivity contribution >= 4 is 0 Å². The molecule has 78 valence electrons. The molecule has 0 radical (unpaired) electrons. The Labute approximate surface area is 85.0 Å². The molecule has 0 saturated carbocycles. The van der Waals surface area contributed by atoms with Gasteiger partial charge in [0.05, 0.1) is 6.61 Å². The summed E-state index contributed by atoms with van der Waals surface area (Å²) in [7, 11) is 0. The Kier molecular flexibility index (Phi) is 4.43. The molecule has 0 saturated heterocycles. The summed E-state index contributed by atoms with van der Waals surface area (Å²) in [6, 6.07) is 7.90. The number of hydrogen-bond donors (Lipinski definition) is 2. The predicted octanol–water partition coefficient (Wildman–Crippen LogP) is 1.43. The van der Waals surface area contributed by atoms with Crippen LogP contribution in [0.5, 0.6) is 5.75 Å². The highest BCUT2D eigenvalue weighted by Crippen LogP contribution is 2.17. The largest absolute Gasteiger partial charge is 0.494 e. The monoisotopic (exact) mass is 194 g/mol. The van der Waals surface area contributed by atoms with Crippen molar-refractivity contribution in [1.82, 2.24) is 0 Å². The summed E-state index contributed by atoms with van der Waals surface area (Å²) < 4.78 is 5.34. The van der Waals surface area contributed by atoms with Crippen molar-refractivity contribution in [2.45, 2.75) is 19.4 Å². The molecule has 1 rings (SSSR count). The summed E-state index contributed by atoms with van der Waals surface area (Å²) in [5.41, 5.74) is 12.5. The number of ether oxygens (including phenoxy) is 1. The zero-order chi connectivity index (χ0) is 10.4. The van der Waals surface area contributed by atoms with Crippen LogP contribution >= 0.6 is 0 Å². The lowest BCUT2D eigenvalue weighted by Gasteiger charge is -2.11. The van der Waals surface area contributed by atoms with Crippen molar-refractivity contribution in [2.75, 3.05) is 13.2 Å². The Morgan fingerprint density at radius 3 is 2.43 bits per heavy atom. The van der Waals surface area contributed by atoms with Crippen LogP contribution in [0, 0.1) is 0 Å². The van der Waals surface area contributed by atoms with Gasteiger partial charge in [-0.2, -0.15) is 0 Å². The molecule has 14 heavy (non-hydrogen) atoms. The molecule has 0 aliphatic carbocycles. The fourth-order valence-electron chi connectivity index (χ4n) is 1.32. The molecule has 1 aromatic rings. The second kappa shape index (κ2) is 5.62. The first-order valence-corrected chi connectivity index (χ1v) is 4.96. The zero-order valence-electron chi connectivity index (χ0n) is 8.57. The maximum Gasteiger partial charge on any atom is 0.119 e. The van der Waals surface area contributed by atoms with Gasteiger partial charge in [-0.15, -0.1) is 0 Å². The molecule has 1 aromatic carbocycles. The molecule has 0 unspecified atom stereocenters. The molecule has 0 spiro atoms. The minimum Gasteiger partial charge on any atom is -0.494 e. The van der Waals surface area contributed by atoms with E-state index in [0.29, 0.717) is 13.2 Å². The second-order valence-electron chi connectivity index (χ2n) is 3.19. The Morgan fingerprint density at radius 2 is 1.93 bits per heavy atom. The summed E-state index contributed by atoms with van der Waals surface area (Å²) in [5.74, 6) is 0.885. The van der Waals surface area contributed by atoms with Crippen molar-refractivity contribution in [2.24, 2.45) is 11.5 Å². The van der Waals surface area contributed by atoms with Crippen LogP contribution in [0.1, 0.15) is 24.9 Å². The van der Waals surface area contributed by atoms with Gasteiger partial charge in [-0.3, -0.25) is 0 Å². The highest BCUT2D eigenvalue weighted by Gasteiger charge is 2.04. The molecule has 0 amide bonds. The number of rotatable bonds is 5. The highest BCUT2D eigenvalue weighted by molar-refractivity contribution is 5.28. The van der Waals surface area contributed by atoms with Crippen molar-refractivity contribution < 1.29 is 4.74 Å². The number of benzene rings is 1. The summed E-state index contributed by atoms with van der Waals surface area (Å²) in [6.07, 6.45) is 0.813. The van der Waals surface area contributed by atoms with E-state index in [2.05, 4.69) is 0 Å². The van der Waals surface area contributed by atoms with E-state index in [0.717, 1.165) is 17.7 Å². The van der Waals surface area contributed by atoms with Gasteiger partial charge in [0, 0.05) is 6.04 Å². The summed E-state index contributed by atoms with van der Waals surface area (Å²) >= 11 is 0. The van der Waals surface area contributed by atoms with Crippen LogP contribution in [-0.4, -0.2) is 13.2 Å². The fourth-order valence-corrected chi connectivity index (χ4v) is 1.32. The van der Waals surface area contributed by atoms with Crippen molar-refractivity contribution in [3.63, 3.8) is 0 Å². The molecule has 0 aliphatic rings. The van der Waals surface area contributed by atoms with Crippen LogP contribution in [0.4, 0.5) is 0 Å². The van der Waals surface area contributed by atoms with E-state index < -0.39 is 0 Å². The SMILES string of the molecule is CCOc1ccc([C@@H](N)CCN)cc1. The van der Waals surface area contributed by atoms with E-state index in [-0.39, 0.29) is 6.04 Å². The Balaban J connectivity index is 2.62. The van der Waals surface area contributed by atoms with Gasteiger partial charge < -0.3 is 16.2 Å². The van der Waals surface area contributed by atoms with E-state index in [1.54, 1.807) is 0 Å². The first-order chi connectivity index (χ1) is 6.77. The van der Waals surface area contributed by atoms with Gasteiger partial charge >= 0.3 is 0 Å². The molecule has 0 aliphatic heterocycles. The molecule has 0 bridgehead atoms. The topological polar surface area (TPSA) is 61.3 Å². The number of nitrogens with two attached hydrogens (primary N) is 2. The van der Waals surface area contributed by atoms with E-state index in [9.17, 15) is 0 Å². The molecule has 0 fully saturated rings. The standard InChI is InChI=1S/C11H18N2O/c1-2-14-10-5-3-9(4-6-10)11(13)7-8-12/h3-6,11H,2,7-8,12-13H2,1H3/t11-/m0/s1. The molecule has 3 nitrogen and oxygen atoms in total. The van der Waals surface area contributed by atoms with Crippen LogP contribution in [0.2, 0.25) is 0 Å². The average Bonchev–Trinajstić information content (AvgIpc) is 2.20. The summed E-state index contributed by atoms with van der Waals surface area (Å²) in [4.78, 5) is 0. The quantitative estimate of drug-likeness (QED) is 0.745. The van der Waals surface area contributed by atoms with Crippen LogP contribution in [0.3, 0.4) is 0 Å². The minimum absolute atomic E-state index is 0.0377. The lowest BCUT2D eigenvalue weighted by atomic mass is 10.1. The van der Waals surface area contributed by atoms with Gasteiger partial charge in [-0.1, -0.05) is 12.1 Å².